The third-order valence-corrected chi connectivity index (χ3v) is 5.32. The molecule has 0 atom stereocenters. The van der Waals surface area contributed by atoms with Gasteiger partial charge < -0.3 is 9.73 Å². The molecule has 0 saturated carbocycles. The first kappa shape index (κ1) is 19.9. The van der Waals surface area contributed by atoms with Crippen molar-refractivity contribution < 1.29 is 13.6 Å². The van der Waals surface area contributed by atoms with Crippen molar-refractivity contribution in [3.8, 4) is 22.5 Å². The number of carbonyl (C=O) groups excluding carboxylic acids is 1. The molecule has 3 aromatic carbocycles. The van der Waals surface area contributed by atoms with Gasteiger partial charge in [-0.1, -0.05) is 43.2 Å². The minimum absolute atomic E-state index is 0.230. The summed E-state index contributed by atoms with van der Waals surface area (Å²) in [6.07, 6.45) is 1.90. The maximum atomic E-state index is 13.4. The fraction of sp³-hybridized carbons (Fsp3) is 0.192. The minimum atomic E-state index is -0.330. The van der Waals surface area contributed by atoms with Gasteiger partial charge in [0.25, 0.3) is 5.91 Å². The molecule has 3 nitrogen and oxygen atoms in total. The molecular formula is C26H24FNO2. The molecule has 1 amide bonds. The summed E-state index contributed by atoms with van der Waals surface area (Å²) >= 11 is 0. The number of fused-ring (bicyclic) bond motifs is 1. The van der Waals surface area contributed by atoms with E-state index in [1.165, 1.54) is 23.3 Å². The Morgan fingerprint density at radius 1 is 1.03 bits per heavy atom. The molecular weight excluding hydrogens is 377 g/mol. The second-order valence-electron chi connectivity index (χ2n) is 7.52. The maximum Gasteiger partial charge on any atom is 0.255 e. The highest BCUT2D eigenvalue weighted by Gasteiger charge is 2.23. The van der Waals surface area contributed by atoms with Crippen molar-refractivity contribution in [3.05, 3.63) is 83.2 Å². The quantitative estimate of drug-likeness (QED) is 0.413. The van der Waals surface area contributed by atoms with Crippen LogP contribution in [-0.4, -0.2) is 13.0 Å². The number of carbonyl (C=O) groups is 1. The van der Waals surface area contributed by atoms with Crippen molar-refractivity contribution in [2.24, 2.45) is 0 Å². The number of aryl methyl sites for hydroxylation is 2. The van der Waals surface area contributed by atoms with Gasteiger partial charge in [-0.15, -0.1) is 0 Å². The van der Waals surface area contributed by atoms with E-state index in [-0.39, 0.29) is 11.7 Å². The Hall–Kier alpha value is -3.40. The summed E-state index contributed by atoms with van der Waals surface area (Å²) in [5.41, 5.74) is 6.38. The summed E-state index contributed by atoms with van der Waals surface area (Å²) in [7, 11) is 1.60. The van der Waals surface area contributed by atoms with Crippen molar-refractivity contribution in [3.63, 3.8) is 0 Å². The summed E-state index contributed by atoms with van der Waals surface area (Å²) < 4.78 is 19.6. The Labute approximate surface area is 175 Å². The van der Waals surface area contributed by atoms with Crippen LogP contribution in [-0.2, 0) is 6.42 Å². The van der Waals surface area contributed by atoms with Crippen LogP contribution in [0.25, 0.3) is 33.4 Å². The summed E-state index contributed by atoms with van der Waals surface area (Å²) in [6.45, 7) is 4.22. The Morgan fingerprint density at radius 2 is 1.80 bits per heavy atom. The van der Waals surface area contributed by atoms with Gasteiger partial charge in [-0.05, 0) is 66.4 Å². The zero-order valence-corrected chi connectivity index (χ0v) is 17.4. The number of halogens is 1. The minimum Gasteiger partial charge on any atom is -0.455 e. The van der Waals surface area contributed by atoms with Gasteiger partial charge in [0.05, 0.1) is 5.56 Å². The van der Waals surface area contributed by atoms with Crippen LogP contribution in [0.3, 0.4) is 0 Å². The highest BCUT2D eigenvalue weighted by atomic mass is 19.1. The smallest absolute Gasteiger partial charge is 0.255 e. The highest BCUT2D eigenvalue weighted by molar-refractivity contribution is 6.12. The van der Waals surface area contributed by atoms with E-state index < -0.39 is 0 Å². The van der Waals surface area contributed by atoms with E-state index in [2.05, 4.69) is 43.4 Å². The predicted octanol–water partition coefficient (Wildman–Crippen LogP) is 6.53. The Kier molecular flexibility index (Phi) is 5.40. The topological polar surface area (TPSA) is 42.2 Å². The van der Waals surface area contributed by atoms with E-state index in [1.54, 1.807) is 19.2 Å². The summed E-state index contributed by atoms with van der Waals surface area (Å²) in [5.74, 6) is -0.108. The monoisotopic (exact) mass is 401 g/mol. The summed E-state index contributed by atoms with van der Waals surface area (Å²) in [6, 6.07) is 18.5. The normalized spacial score (nSPS) is 11.1. The average molecular weight is 401 g/mol. The third-order valence-electron chi connectivity index (χ3n) is 5.32. The van der Waals surface area contributed by atoms with Gasteiger partial charge in [0.1, 0.15) is 17.2 Å². The van der Waals surface area contributed by atoms with Crippen LogP contribution in [0.5, 0.6) is 0 Å². The molecule has 4 heteroatoms. The van der Waals surface area contributed by atoms with Crippen molar-refractivity contribution in [1.82, 2.24) is 5.32 Å². The number of benzene rings is 3. The fourth-order valence-corrected chi connectivity index (χ4v) is 3.90. The Balaban J connectivity index is 2.01. The van der Waals surface area contributed by atoms with Gasteiger partial charge in [0.2, 0.25) is 0 Å². The van der Waals surface area contributed by atoms with Gasteiger partial charge in [-0.3, -0.25) is 4.79 Å². The second-order valence-corrected chi connectivity index (χ2v) is 7.52. The molecule has 1 aromatic heterocycles. The van der Waals surface area contributed by atoms with Gasteiger partial charge in [-0.2, -0.15) is 0 Å². The van der Waals surface area contributed by atoms with E-state index in [0.29, 0.717) is 22.5 Å². The van der Waals surface area contributed by atoms with E-state index in [9.17, 15) is 9.18 Å². The molecule has 0 spiro atoms. The van der Waals surface area contributed by atoms with Crippen molar-refractivity contribution in [2.45, 2.75) is 26.7 Å². The summed E-state index contributed by atoms with van der Waals surface area (Å²) in [5, 5.41) is 3.47. The van der Waals surface area contributed by atoms with Crippen LogP contribution in [0.2, 0.25) is 0 Å². The van der Waals surface area contributed by atoms with Crippen LogP contribution in [0.1, 0.15) is 34.8 Å². The van der Waals surface area contributed by atoms with E-state index in [4.69, 9.17) is 4.42 Å². The molecule has 1 heterocycles. The lowest BCUT2D eigenvalue weighted by atomic mass is 9.93. The fourth-order valence-electron chi connectivity index (χ4n) is 3.90. The number of hydrogen-bond donors (Lipinski definition) is 1. The maximum absolute atomic E-state index is 13.4. The average Bonchev–Trinajstić information content (AvgIpc) is 3.11. The van der Waals surface area contributed by atoms with Gasteiger partial charge in [-0.25, -0.2) is 4.39 Å². The molecule has 4 rings (SSSR count). The van der Waals surface area contributed by atoms with Crippen LogP contribution in [0.4, 0.5) is 4.39 Å². The van der Waals surface area contributed by atoms with Gasteiger partial charge >= 0.3 is 0 Å². The number of rotatable bonds is 5. The van der Waals surface area contributed by atoms with Gasteiger partial charge in [0.15, 0.2) is 0 Å². The number of hydrogen-bond acceptors (Lipinski definition) is 2. The predicted molar refractivity (Wildman–Crippen MR) is 119 cm³/mol. The van der Waals surface area contributed by atoms with Crippen LogP contribution >= 0.6 is 0 Å². The molecule has 0 unspecified atom stereocenters. The molecule has 0 aliphatic rings. The van der Waals surface area contributed by atoms with Crippen molar-refractivity contribution in [2.75, 3.05) is 7.05 Å². The van der Waals surface area contributed by atoms with E-state index >= 15 is 0 Å². The Morgan fingerprint density at radius 3 is 2.47 bits per heavy atom. The first-order chi connectivity index (χ1) is 14.5. The van der Waals surface area contributed by atoms with Crippen LogP contribution in [0, 0.1) is 12.7 Å². The van der Waals surface area contributed by atoms with Crippen LogP contribution < -0.4 is 5.32 Å². The molecule has 0 aliphatic carbocycles. The molecule has 30 heavy (non-hydrogen) atoms. The molecule has 0 saturated heterocycles. The highest BCUT2D eigenvalue weighted by Crippen LogP contribution is 2.38. The SMILES string of the molecule is CCCc1cc2oc(-c3ccc(F)cc3)c(C(=O)NC)c2cc1-c1cccc(C)c1. The van der Waals surface area contributed by atoms with E-state index in [0.717, 1.165) is 29.4 Å². The molecule has 0 fully saturated rings. The molecule has 0 radical (unpaired) electrons. The number of amides is 1. The Bertz CT molecular complexity index is 1220. The second kappa shape index (κ2) is 8.15. The first-order valence-corrected chi connectivity index (χ1v) is 10.2. The zero-order chi connectivity index (χ0) is 21.3. The number of furan rings is 1. The lowest BCUT2D eigenvalue weighted by molar-refractivity contribution is 0.0964. The molecule has 0 aliphatic heterocycles. The lowest BCUT2D eigenvalue weighted by Gasteiger charge is -2.11. The van der Waals surface area contributed by atoms with Crippen LogP contribution in [0.15, 0.2) is 65.1 Å². The summed E-state index contributed by atoms with van der Waals surface area (Å²) in [4.78, 5) is 12.8. The molecule has 1 N–H and O–H groups in total. The lowest BCUT2D eigenvalue weighted by Crippen LogP contribution is -2.18. The molecule has 4 aromatic rings. The third kappa shape index (κ3) is 3.61. The number of nitrogens with one attached hydrogen (secondary N) is 1. The zero-order valence-electron chi connectivity index (χ0n) is 17.4. The van der Waals surface area contributed by atoms with Crippen molar-refractivity contribution >= 4 is 16.9 Å². The molecule has 152 valence electrons. The molecule has 0 bridgehead atoms. The van der Waals surface area contributed by atoms with E-state index in [1.807, 2.05) is 12.1 Å². The van der Waals surface area contributed by atoms with Crippen molar-refractivity contribution in [1.29, 1.82) is 0 Å². The largest absolute Gasteiger partial charge is 0.455 e. The first-order valence-electron chi connectivity index (χ1n) is 10.2. The standard InChI is InChI=1S/C26H24FNO2/c1-4-6-18-14-23-22(15-21(18)19-8-5-7-16(2)13-19)24(26(29)28-3)25(30-23)17-9-11-20(27)12-10-17/h5,7-15H,4,6H2,1-3H3,(H,28,29). The van der Waals surface area contributed by atoms with Gasteiger partial charge in [0, 0.05) is 18.0 Å².